The Bertz CT molecular complexity index is 1200. The zero-order valence-corrected chi connectivity index (χ0v) is 15.8. The summed E-state index contributed by atoms with van der Waals surface area (Å²) in [7, 11) is -3.99. The average Bonchev–Trinajstić information content (AvgIpc) is 2.69. The van der Waals surface area contributed by atoms with Gasteiger partial charge in [0.2, 0.25) is 15.6 Å². The molecule has 0 unspecified atom stereocenters. The Labute approximate surface area is 162 Å². The van der Waals surface area contributed by atoms with Crippen molar-refractivity contribution in [1.82, 2.24) is 0 Å². The Kier molecular flexibility index (Phi) is 4.35. The van der Waals surface area contributed by atoms with E-state index in [4.69, 9.17) is 0 Å². The third-order valence-corrected chi connectivity index (χ3v) is 6.39. The molecule has 3 aromatic carbocycles. The number of nitrogens with zero attached hydrogens (tertiary/aromatic N) is 1. The predicted molar refractivity (Wildman–Crippen MR) is 106 cm³/mol. The van der Waals surface area contributed by atoms with E-state index in [0.717, 1.165) is 5.56 Å². The Morgan fingerprint density at radius 2 is 1.54 bits per heavy atom. The average molecular weight is 393 g/mol. The molecule has 4 nitrogen and oxygen atoms in total. The van der Waals surface area contributed by atoms with Gasteiger partial charge in [-0.15, -0.1) is 0 Å². The lowest BCUT2D eigenvalue weighted by Gasteiger charge is -2.28. The Hall–Kier alpha value is -3.25. The van der Waals surface area contributed by atoms with Gasteiger partial charge in [0, 0.05) is 17.5 Å². The molecule has 0 atom stereocenters. The highest BCUT2D eigenvalue weighted by Crippen LogP contribution is 2.40. The number of aryl methyl sites for hydroxylation is 1. The van der Waals surface area contributed by atoms with Crippen molar-refractivity contribution in [3.05, 3.63) is 101 Å². The summed E-state index contributed by atoms with van der Waals surface area (Å²) in [5.41, 5.74) is 2.22. The van der Waals surface area contributed by atoms with Crippen LogP contribution in [0.1, 0.15) is 15.9 Å². The van der Waals surface area contributed by atoms with E-state index in [-0.39, 0.29) is 9.80 Å². The highest BCUT2D eigenvalue weighted by atomic mass is 32.2. The van der Waals surface area contributed by atoms with Gasteiger partial charge in [0.15, 0.2) is 0 Å². The van der Waals surface area contributed by atoms with Gasteiger partial charge in [0.25, 0.3) is 0 Å². The number of halogens is 1. The molecule has 0 bridgehead atoms. The van der Waals surface area contributed by atoms with Crippen LogP contribution in [0.4, 0.5) is 15.8 Å². The maximum atomic E-state index is 13.3. The molecule has 3 aromatic rings. The number of anilines is 2. The van der Waals surface area contributed by atoms with Crippen molar-refractivity contribution in [3.8, 4) is 0 Å². The highest BCUT2D eigenvalue weighted by molar-refractivity contribution is 7.96. The van der Waals surface area contributed by atoms with Crippen molar-refractivity contribution in [1.29, 1.82) is 0 Å². The molecular formula is C22H16FNO3S. The van der Waals surface area contributed by atoms with Crippen LogP contribution in [0, 0.1) is 12.7 Å². The van der Waals surface area contributed by atoms with Gasteiger partial charge >= 0.3 is 0 Å². The van der Waals surface area contributed by atoms with Crippen LogP contribution in [0.5, 0.6) is 0 Å². The number of benzene rings is 3. The minimum atomic E-state index is -3.99. The molecule has 0 aromatic heterocycles. The van der Waals surface area contributed by atoms with E-state index in [1.807, 2.05) is 6.92 Å². The topological polar surface area (TPSA) is 54.5 Å². The summed E-state index contributed by atoms with van der Waals surface area (Å²) < 4.78 is 39.6. The van der Waals surface area contributed by atoms with E-state index >= 15 is 0 Å². The third kappa shape index (κ3) is 3.01. The molecule has 4 rings (SSSR count). The van der Waals surface area contributed by atoms with Crippen molar-refractivity contribution < 1.29 is 17.6 Å². The van der Waals surface area contributed by atoms with E-state index in [9.17, 15) is 17.6 Å². The second kappa shape index (κ2) is 6.73. The minimum absolute atomic E-state index is 0.0392. The number of ketones is 1. The fraction of sp³-hybridized carbons (Fsp3) is 0.0455. The molecule has 1 aliphatic heterocycles. The SMILES string of the molecule is Cc1ccc(C(=O)C2=CN(c3ccc(F)cc3)c3ccccc3S2(=O)=O)cc1. The second-order valence-electron chi connectivity index (χ2n) is 6.51. The molecule has 0 aliphatic carbocycles. The molecular weight excluding hydrogens is 377 g/mol. The number of para-hydroxylation sites is 1. The van der Waals surface area contributed by atoms with Crippen molar-refractivity contribution in [2.24, 2.45) is 0 Å². The number of hydrogen-bond donors (Lipinski definition) is 0. The smallest absolute Gasteiger partial charge is 0.214 e. The number of fused-ring (bicyclic) bond motifs is 1. The zero-order chi connectivity index (χ0) is 19.9. The lowest BCUT2D eigenvalue weighted by molar-refractivity contribution is 0.104. The van der Waals surface area contributed by atoms with Gasteiger partial charge in [-0.05, 0) is 43.3 Å². The van der Waals surface area contributed by atoms with Crippen LogP contribution in [-0.2, 0) is 9.84 Å². The van der Waals surface area contributed by atoms with Crippen LogP contribution in [0.15, 0.2) is 88.8 Å². The Morgan fingerprint density at radius 3 is 2.21 bits per heavy atom. The van der Waals surface area contributed by atoms with Gasteiger partial charge in [-0.3, -0.25) is 4.79 Å². The molecule has 0 saturated carbocycles. The first-order valence-electron chi connectivity index (χ1n) is 8.60. The summed E-state index contributed by atoms with van der Waals surface area (Å²) in [4.78, 5) is 14.3. The van der Waals surface area contributed by atoms with E-state index < -0.39 is 21.4 Å². The van der Waals surface area contributed by atoms with Gasteiger partial charge in [-0.25, -0.2) is 12.8 Å². The largest absolute Gasteiger partial charge is 0.314 e. The predicted octanol–water partition coefficient (Wildman–Crippen LogP) is 4.78. The standard InChI is InChI=1S/C22H16FNO3S/c1-15-6-8-16(9-7-15)22(25)21-14-24(18-12-10-17(23)11-13-18)19-4-2-3-5-20(19)28(21,26)27/h2-14H,1H3. The summed E-state index contributed by atoms with van der Waals surface area (Å²) in [6.45, 7) is 1.89. The highest BCUT2D eigenvalue weighted by Gasteiger charge is 2.35. The van der Waals surface area contributed by atoms with Gasteiger partial charge in [0.1, 0.15) is 10.7 Å². The molecule has 0 N–H and O–H groups in total. The number of carbonyl (C=O) groups is 1. The number of carbonyl (C=O) groups excluding carboxylic acids is 1. The monoisotopic (exact) mass is 393 g/mol. The zero-order valence-electron chi connectivity index (χ0n) is 15.0. The maximum Gasteiger partial charge on any atom is 0.214 e. The quantitative estimate of drug-likeness (QED) is 0.601. The van der Waals surface area contributed by atoms with Crippen LogP contribution in [0.2, 0.25) is 0 Å². The van der Waals surface area contributed by atoms with E-state index in [1.165, 1.54) is 36.5 Å². The van der Waals surface area contributed by atoms with E-state index in [0.29, 0.717) is 16.9 Å². The molecule has 1 aliphatic rings. The fourth-order valence-electron chi connectivity index (χ4n) is 3.10. The number of Topliss-reactive ketones (excluding diaryl/α,β-unsaturated/α-hetero) is 1. The summed E-state index contributed by atoms with van der Waals surface area (Å²) in [6.07, 6.45) is 1.31. The van der Waals surface area contributed by atoms with Gasteiger partial charge < -0.3 is 4.90 Å². The molecule has 0 amide bonds. The molecule has 140 valence electrons. The van der Waals surface area contributed by atoms with Gasteiger partial charge in [0.05, 0.1) is 10.6 Å². The molecule has 1 heterocycles. The first kappa shape index (κ1) is 18.1. The molecule has 28 heavy (non-hydrogen) atoms. The van der Waals surface area contributed by atoms with Crippen LogP contribution >= 0.6 is 0 Å². The van der Waals surface area contributed by atoms with Crippen LogP contribution in [0.3, 0.4) is 0 Å². The molecule has 0 spiro atoms. The normalized spacial score (nSPS) is 14.9. The Morgan fingerprint density at radius 1 is 0.893 bits per heavy atom. The number of rotatable bonds is 3. The molecule has 6 heteroatoms. The Balaban J connectivity index is 1.90. The molecule has 0 radical (unpaired) electrons. The first-order valence-corrected chi connectivity index (χ1v) is 10.1. The number of hydrogen-bond acceptors (Lipinski definition) is 4. The minimum Gasteiger partial charge on any atom is -0.314 e. The first-order chi connectivity index (χ1) is 13.4. The van der Waals surface area contributed by atoms with Crippen LogP contribution < -0.4 is 4.90 Å². The summed E-state index contributed by atoms with van der Waals surface area (Å²) in [6, 6.07) is 18.8. The van der Waals surface area contributed by atoms with E-state index in [2.05, 4.69) is 0 Å². The van der Waals surface area contributed by atoms with Crippen molar-refractivity contribution in [3.63, 3.8) is 0 Å². The lowest BCUT2D eigenvalue weighted by Crippen LogP contribution is -2.25. The number of allylic oxidation sites excluding steroid dienone is 1. The fourth-order valence-corrected chi connectivity index (χ4v) is 4.64. The second-order valence-corrected chi connectivity index (χ2v) is 8.39. The van der Waals surface area contributed by atoms with Gasteiger partial charge in [-0.2, -0.15) is 0 Å². The molecule has 0 saturated heterocycles. The lowest BCUT2D eigenvalue weighted by atomic mass is 10.1. The summed E-state index contributed by atoms with van der Waals surface area (Å²) in [5, 5.41) is 0. The summed E-state index contributed by atoms with van der Waals surface area (Å²) >= 11 is 0. The summed E-state index contributed by atoms with van der Waals surface area (Å²) in [5.74, 6) is -0.983. The van der Waals surface area contributed by atoms with Crippen molar-refractivity contribution >= 4 is 27.0 Å². The van der Waals surface area contributed by atoms with Gasteiger partial charge in [-0.1, -0.05) is 42.0 Å². The third-order valence-electron chi connectivity index (χ3n) is 4.59. The number of sulfone groups is 1. The van der Waals surface area contributed by atoms with Crippen molar-refractivity contribution in [2.45, 2.75) is 11.8 Å². The van der Waals surface area contributed by atoms with Crippen molar-refractivity contribution in [2.75, 3.05) is 4.90 Å². The van der Waals surface area contributed by atoms with Crippen LogP contribution in [0.25, 0.3) is 0 Å². The molecule has 0 fully saturated rings. The van der Waals surface area contributed by atoms with Crippen LogP contribution in [-0.4, -0.2) is 14.2 Å². The van der Waals surface area contributed by atoms with E-state index in [1.54, 1.807) is 47.4 Å². The maximum absolute atomic E-state index is 13.3.